The Labute approximate surface area is 738 Å². The molecule has 15 aromatic carbocycles. The predicted molar refractivity (Wildman–Crippen MR) is 525 cm³/mol. The van der Waals surface area contributed by atoms with Crippen molar-refractivity contribution in [1.29, 1.82) is 0 Å². The molecular formula is C114H108O2S3. The minimum absolute atomic E-state index is 0.0287. The summed E-state index contributed by atoms with van der Waals surface area (Å²) in [7, 11) is 0. The molecule has 119 heavy (non-hydrogen) atoms. The normalized spacial score (nSPS) is 14.0. The molecule has 0 aliphatic heterocycles. The van der Waals surface area contributed by atoms with E-state index < -0.39 is 0 Å². The van der Waals surface area contributed by atoms with Gasteiger partial charge >= 0.3 is 0 Å². The smallest absolute Gasteiger partial charge is 0.139 e. The van der Waals surface area contributed by atoms with Gasteiger partial charge in [0, 0.05) is 87.6 Å². The minimum Gasteiger partial charge on any atom is -0.456 e. The molecule has 0 saturated carbocycles. The van der Waals surface area contributed by atoms with E-state index in [2.05, 4.69) is 207 Å². The average molecular weight is 1620 g/mol. The monoisotopic (exact) mass is 1620 g/mol. The van der Waals surface area contributed by atoms with Crippen molar-refractivity contribution in [3.63, 3.8) is 0 Å². The molecule has 594 valence electrons. The van der Waals surface area contributed by atoms with Crippen molar-refractivity contribution in [3.05, 3.63) is 359 Å². The Hall–Kier alpha value is -11.4. The Morgan fingerprint density at radius 2 is 0.571 bits per heavy atom. The summed E-state index contributed by atoms with van der Waals surface area (Å²) in [4.78, 5) is 0. The maximum absolute atomic E-state index is 8.63. The second kappa shape index (κ2) is 32.4. The molecule has 0 spiro atoms. The maximum Gasteiger partial charge on any atom is 0.139 e. The van der Waals surface area contributed by atoms with Gasteiger partial charge in [0.2, 0.25) is 0 Å². The van der Waals surface area contributed by atoms with Crippen molar-refractivity contribution in [2.45, 2.75) is 159 Å². The SMILES string of the molecule is CC(C)(C)c1c(-c2ccccc2)ccc2sc3ccccc3c12.[2H]c1c([2H])c(C)c([2H])c(-c2ccc3c(oc4ccccc43)c2C(C)(C)C)c1[2H].[2H]c1c([2H])c(C)c([2H])c(-c2ccc3c(sc4ccccc43)c2C(C)(C)C)c1[2H].[2H]c1c([2H])c(C)c([2H])c(-c2ccc3oc4ccccc4c3c2C(C)(C)C)c1[2H].[2H]c1c([2H])c(C)c([2H])c(-c2ccc3sc4ccccc4c3c2C(C)(C)C)c1[2H]. The Balaban J connectivity index is 0.000000123. The first-order chi connectivity index (χ1) is 63.6. The van der Waals surface area contributed by atoms with Crippen LogP contribution in [-0.4, -0.2) is 0 Å². The van der Waals surface area contributed by atoms with Crippen LogP contribution in [0.4, 0.5) is 0 Å². The van der Waals surface area contributed by atoms with E-state index in [1.165, 1.54) is 77.2 Å². The van der Waals surface area contributed by atoms with E-state index in [1.54, 1.807) is 50.4 Å². The van der Waals surface area contributed by atoms with Gasteiger partial charge < -0.3 is 8.83 Å². The number of furan rings is 2. The van der Waals surface area contributed by atoms with Crippen LogP contribution in [-0.2, 0) is 27.1 Å². The first-order valence-corrected chi connectivity index (χ1v) is 43.1. The fourth-order valence-corrected chi connectivity index (χ4v) is 20.5. The largest absolute Gasteiger partial charge is 0.456 e. The molecule has 0 aliphatic rings. The summed E-state index contributed by atoms with van der Waals surface area (Å²) >= 11 is 5.39. The van der Waals surface area contributed by atoms with Gasteiger partial charge in [-0.05, 0) is 187 Å². The van der Waals surface area contributed by atoms with Crippen LogP contribution < -0.4 is 0 Å². The maximum atomic E-state index is 8.63. The third-order valence-electron chi connectivity index (χ3n) is 21.6. The van der Waals surface area contributed by atoms with Crippen LogP contribution in [0.5, 0.6) is 0 Å². The molecular weight excluding hydrogens is 1500 g/mol. The van der Waals surface area contributed by atoms with Crippen LogP contribution in [0.3, 0.4) is 0 Å². The van der Waals surface area contributed by atoms with E-state index in [4.69, 9.17) is 30.8 Å². The lowest BCUT2D eigenvalue weighted by molar-refractivity contribution is 0.574. The molecule has 5 heteroatoms. The van der Waals surface area contributed by atoms with Crippen LogP contribution in [0.25, 0.3) is 160 Å². The highest BCUT2D eigenvalue weighted by molar-refractivity contribution is 7.26. The lowest BCUT2D eigenvalue weighted by atomic mass is 9.79. The van der Waals surface area contributed by atoms with Crippen molar-refractivity contribution >= 4 is 138 Å². The molecule has 0 amide bonds. The van der Waals surface area contributed by atoms with E-state index in [0.29, 0.717) is 44.5 Å². The quantitative estimate of drug-likeness (QED) is 0.172. The highest BCUT2D eigenvalue weighted by atomic mass is 32.1. The van der Waals surface area contributed by atoms with Gasteiger partial charge in [-0.3, -0.25) is 0 Å². The molecule has 5 aromatic heterocycles. The van der Waals surface area contributed by atoms with Crippen molar-refractivity contribution in [1.82, 2.24) is 0 Å². The summed E-state index contributed by atoms with van der Waals surface area (Å²) in [6.45, 7) is 39.2. The van der Waals surface area contributed by atoms with E-state index >= 15 is 0 Å². The molecule has 0 aliphatic carbocycles. The van der Waals surface area contributed by atoms with Gasteiger partial charge in [0.15, 0.2) is 0 Å². The standard InChI is InChI=1S/2C23H22O.2C23H22S.C22H20S/c1-15-8-7-9-16(14-15)17-12-13-19-18-10-5-6-11-20(18)24-22(19)21(17)23(2,3)4;1-15-8-7-9-16(14-15)17-12-13-20-21(22(17)23(2,3)4)18-10-5-6-11-19(18)24-20;1-15-8-7-9-16(14-15)17-12-13-19-18-10-5-6-11-20(18)24-22(19)21(17)23(2,3)4;1-15-8-7-9-16(14-15)17-12-13-20-21(22(17)23(2,3)4)18-10-5-6-11-19(18)24-20;1-22(2,3)21-16(15-9-5-4-6-10-15)13-14-19-20(21)17-11-7-8-12-18(17)23-19/h4*5-14H,1-4H3;4-14H,1-3H3/i4*7D,8D,9D,14D;. The van der Waals surface area contributed by atoms with Crippen molar-refractivity contribution in [3.8, 4) is 55.6 Å². The van der Waals surface area contributed by atoms with Gasteiger partial charge in [0.05, 0.1) is 21.9 Å². The van der Waals surface area contributed by atoms with Gasteiger partial charge in [0.25, 0.3) is 0 Å². The molecule has 5 heterocycles. The molecule has 20 rings (SSSR count). The minimum atomic E-state index is -0.308. The number of hydrogen-bond donors (Lipinski definition) is 0. The lowest BCUT2D eigenvalue weighted by Gasteiger charge is -2.25. The fraction of sp³-hybridized carbons (Fsp3) is 0.211. The van der Waals surface area contributed by atoms with E-state index in [-0.39, 0.29) is 124 Å². The number of hydrogen-bond acceptors (Lipinski definition) is 5. The molecule has 20 aromatic rings. The lowest BCUT2D eigenvalue weighted by Crippen LogP contribution is -2.13. The molecule has 0 N–H and O–H groups in total. The molecule has 0 fully saturated rings. The zero-order chi connectivity index (χ0) is 97.5. The highest BCUT2D eigenvalue weighted by Gasteiger charge is 2.31. The Morgan fingerprint density at radius 3 is 1.03 bits per heavy atom. The van der Waals surface area contributed by atoms with E-state index in [1.807, 2.05) is 121 Å². The number of rotatable bonds is 5. The molecule has 0 atom stereocenters. The van der Waals surface area contributed by atoms with E-state index in [0.717, 1.165) is 88.4 Å². The first kappa shape index (κ1) is 63.6. The topological polar surface area (TPSA) is 26.3 Å². The fourth-order valence-electron chi connectivity index (χ4n) is 16.8. The third-order valence-corrected chi connectivity index (χ3v) is 25.1. The average Bonchev–Trinajstić information content (AvgIpc) is 1.66. The van der Waals surface area contributed by atoms with Gasteiger partial charge in [-0.25, -0.2) is 0 Å². The molecule has 0 bridgehead atoms. The number of fused-ring (bicyclic) bond motifs is 15. The van der Waals surface area contributed by atoms with Crippen LogP contribution in [0.2, 0.25) is 0 Å². The number of thiophene rings is 3. The summed E-state index contributed by atoms with van der Waals surface area (Å²) < 4.78 is 153. The molecule has 2 nitrogen and oxygen atoms in total. The van der Waals surface area contributed by atoms with Gasteiger partial charge in [-0.1, -0.05) is 381 Å². The highest BCUT2D eigenvalue weighted by Crippen LogP contribution is 2.51. The Morgan fingerprint density at radius 1 is 0.235 bits per heavy atom. The van der Waals surface area contributed by atoms with Gasteiger partial charge in [-0.15, -0.1) is 34.0 Å². The second-order valence-corrected chi connectivity index (χ2v) is 39.1. The zero-order valence-electron chi connectivity index (χ0n) is 87.2. The first-order valence-electron chi connectivity index (χ1n) is 48.6. The molecule has 0 unspecified atom stereocenters. The van der Waals surface area contributed by atoms with Crippen LogP contribution in [0.15, 0.2) is 318 Å². The van der Waals surface area contributed by atoms with Crippen LogP contribution in [0.1, 0.15) is 176 Å². The summed E-state index contributed by atoms with van der Waals surface area (Å²) in [5.41, 5.74) is 17.1. The van der Waals surface area contributed by atoms with Crippen LogP contribution >= 0.6 is 34.0 Å². The van der Waals surface area contributed by atoms with Crippen LogP contribution in [0, 0.1) is 27.7 Å². The third kappa shape index (κ3) is 16.4. The summed E-state index contributed by atoms with van der Waals surface area (Å²) in [5.74, 6) is 0. The van der Waals surface area contributed by atoms with Crippen molar-refractivity contribution < 1.29 is 30.8 Å². The predicted octanol–water partition coefficient (Wildman–Crippen LogP) is 35.4. The summed E-state index contributed by atoms with van der Waals surface area (Å²) in [6.07, 6.45) is 0. The van der Waals surface area contributed by atoms with Crippen molar-refractivity contribution in [2.24, 2.45) is 0 Å². The number of para-hydroxylation sites is 2. The zero-order valence-corrected chi connectivity index (χ0v) is 73.7. The summed E-state index contributed by atoms with van der Waals surface area (Å²) in [6, 6.07) is 72.1. The molecule has 0 saturated heterocycles. The Kier molecular flexibility index (Phi) is 17.3. The number of benzene rings is 15. The molecule has 0 radical (unpaired) electrons. The van der Waals surface area contributed by atoms with Crippen molar-refractivity contribution in [2.75, 3.05) is 0 Å². The second-order valence-electron chi connectivity index (χ2n) is 35.9. The Bertz CT molecular complexity index is 7670. The van der Waals surface area contributed by atoms with Gasteiger partial charge in [-0.2, -0.15) is 0 Å². The summed E-state index contributed by atoms with van der Waals surface area (Å²) in [5, 5.41) is 11.6. The van der Waals surface area contributed by atoms with Gasteiger partial charge in [0.1, 0.15) is 22.3 Å². The van der Waals surface area contributed by atoms with E-state index in [9.17, 15) is 0 Å².